The first-order valence-electron chi connectivity index (χ1n) is 9.40. The molecular formula is C25H25ClO. The number of rotatable bonds is 7. The predicted octanol–water partition coefficient (Wildman–Crippen LogP) is 6.87. The van der Waals surface area contributed by atoms with E-state index >= 15 is 0 Å². The summed E-state index contributed by atoms with van der Waals surface area (Å²) in [6, 6.07) is 25.6. The first-order valence-corrected chi connectivity index (χ1v) is 9.78. The quantitative estimate of drug-likeness (QED) is 0.411. The highest BCUT2D eigenvalue weighted by atomic mass is 35.5. The van der Waals surface area contributed by atoms with E-state index in [0.29, 0.717) is 0 Å². The SMILES string of the molecule is CC(C)(CCCc1cccc(C(=O)c2ccccc2)c1)c1ccc(Cl)cc1. The van der Waals surface area contributed by atoms with Crippen molar-refractivity contribution in [2.24, 2.45) is 0 Å². The van der Waals surface area contributed by atoms with Gasteiger partial charge in [-0.1, -0.05) is 86.1 Å². The van der Waals surface area contributed by atoms with E-state index in [-0.39, 0.29) is 11.2 Å². The predicted molar refractivity (Wildman–Crippen MR) is 114 cm³/mol. The molecule has 0 unspecified atom stereocenters. The fourth-order valence-electron chi connectivity index (χ4n) is 3.40. The Morgan fingerprint density at radius 3 is 2.22 bits per heavy atom. The average Bonchev–Trinajstić information content (AvgIpc) is 2.68. The zero-order valence-electron chi connectivity index (χ0n) is 15.9. The summed E-state index contributed by atoms with van der Waals surface area (Å²) >= 11 is 6.00. The number of benzene rings is 3. The first kappa shape index (κ1) is 19.4. The molecule has 0 amide bonds. The minimum Gasteiger partial charge on any atom is -0.289 e. The molecular weight excluding hydrogens is 352 g/mol. The monoisotopic (exact) mass is 376 g/mol. The maximum Gasteiger partial charge on any atom is 0.193 e. The van der Waals surface area contributed by atoms with E-state index < -0.39 is 0 Å². The van der Waals surface area contributed by atoms with Crippen LogP contribution in [0.15, 0.2) is 78.9 Å². The molecule has 3 aromatic carbocycles. The van der Waals surface area contributed by atoms with Crippen LogP contribution in [-0.4, -0.2) is 5.78 Å². The molecule has 0 saturated carbocycles. The summed E-state index contributed by atoms with van der Waals surface area (Å²) < 4.78 is 0. The number of hydrogen-bond acceptors (Lipinski definition) is 1. The molecule has 0 N–H and O–H groups in total. The molecule has 138 valence electrons. The molecule has 0 bridgehead atoms. The van der Waals surface area contributed by atoms with Gasteiger partial charge in [0, 0.05) is 16.1 Å². The molecule has 2 heteroatoms. The fourth-order valence-corrected chi connectivity index (χ4v) is 3.53. The van der Waals surface area contributed by atoms with Gasteiger partial charge in [-0.05, 0) is 54.0 Å². The first-order chi connectivity index (χ1) is 13.0. The second-order valence-corrected chi connectivity index (χ2v) is 8.08. The molecule has 3 aromatic rings. The van der Waals surface area contributed by atoms with Crippen molar-refractivity contribution in [3.05, 3.63) is 106 Å². The maximum atomic E-state index is 12.6. The van der Waals surface area contributed by atoms with Crippen molar-refractivity contribution in [1.82, 2.24) is 0 Å². The van der Waals surface area contributed by atoms with Gasteiger partial charge in [0.2, 0.25) is 0 Å². The van der Waals surface area contributed by atoms with Gasteiger partial charge in [-0.25, -0.2) is 0 Å². The lowest BCUT2D eigenvalue weighted by Crippen LogP contribution is -2.17. The maximum absolute atomic E-state index is 12.6. The summed E-state index contributed by atoms with van der Waals surface area (Å²) in [5.74, 6) is 0.0824. The lowest BCUT2D eigenvalue weighted by Gasteiger charge is -2.25. The summed E-state index contributed by atoms with van der Waals surface area (Å²) in [4.78, 5) is 12.6. The summed E-state index contributed by atoms with van der Waals surface area (Å²) in [5.41, 5.74) is 4.11. The summed E-state index contributed by atoms with van der Waals surface area (Å²) in [6.45, 7) is 4.54. The van der Waals surface area contributed by atoms with Crippen molar-refractivity contribution in [2.75, 3.05) is 0 Å². The Morgan fingerprint density at radius 1 is 0.852 bits per heavy atom. The molecule has 0 saturated heterocycles. The van der Waals surface area contributed by atoms with Gasteiger partial charge in [0.05, 0.1) is 0 Å². The van der Waals surface area contributed by atoms with Crippen LogP contribution in [0.1, 0.15) is 53.7 Å². The van der Waals surface area contributed by atoms with Crippen LogP contribution < -0.4 is 0 Å². The summed E-state index contributed by atoms with van der Waals surface area (Å²) in [7, 11) is 0. The van der Waals surface area contributed by atoms with Gasteiger partial charge in [0.25, 0.3) is 0 Å². The van der Waals surface area contributed by atoms with Crippen molar-refractivity contribution >= 4 is 17.4 Å². The molecule has 27 heavy (non-hydrogen) atoms. The highest BCUT2D eigenvalue weighted by Crippen LogP contribution is 2.30. The lowest BCUT2D eigenvalue weighted by atomic mass is 9.80. The number of carbonyl (C=O) groups excluding carboxylic acids is 1. The molecule has 0 aromatic heterocycles. The van der Waals surface area contributed by atoms with Gasteiger partial charge >= 0.3 is 0 Å². The van der Waals surface area contributed by atoms with E-state index in [1.807, 2.05) is 60.7 Å². The van der Waals surface area contributed by atoms with Gasteiger partial charge < -0.3 is 0 Å². The highest BCUT2D eigenvalue weighted by Gasteiger charge is 2.20. The van der Waals surface area contributed by atoms with Crippen LogP contribution in [-0.2, 0) is 11.8 Å². The van der Waals surface area contributed by atoms with Crippen LogP contribution in [0.25, 0.3) is 0 Å². The number of carbonyl (C=O) groups is 1. The molecule has 0 spiro atoms. The van der Waals surface area contributed by atoms with Crippen molar-refractivity contribution in [2.45, 2.75) is 38.5 Å². The molecule has 0 aliphatic carbocycles. The van der Waals surface area contributed by atoms with Crippen molar-refractivity contribution in [1.29, 1.82) is 0 Å². The fraction of sp³-hybridized carbons (Fsp3) is 0.240. The molecule has 0 heterocycles. The summed E-state index contributed by atoms with van der Waals surface area (Å²) in [6.07, 6.45) is 3.11. The molecule has 0 fully saturated rings. The van der Waals surface area contributed by atoms with Gasteiger partial charge in [-0.2, -0.15) is 0 Å². The second kappa shape index (κ2) is 8.54. The lowest BCUT2D eigenvalue weighted by molar-refractivity contribution is 0.103. The zero-order valence-corrected chi connectivity index (χ0v) is 16.7. The van der Waals surface area contributed by atoms with Crippen LogP contribution >= 0.6 is 11.6 Å². The van der Waals surface area contributed by atoms with Gasteiger partial charge in [-0.3, -0.25) is 4.79 Å². The van der Waals surface area contributed by atoms with E-state index in [0.717, 1.165) is 35.4 Å². The van der Waals surface area contributed by atoms with Crippen molar-refractivity contribution in [3.8, 4) is 0 Å². The van der Waals surface area contributed by atoms with Gasteiger partial charge in [0.1, 0.15) is 0 Å². The van der Waals surface area contributed by atoms with E-state index in [4.69, 9.17) is 11.6 Å². The molecule has 0 atom stereocenters. The normalized spacial score (nSPS) is 11.4. The average molecular weight is 377 g/mol. The van der Waals surface area contributed by atoms with Crippen LogP contribution in [0.4, 0.5) is 0 Å². The van der Waals surface area contributed by atoms with Crippen LogP contribution in [0.5, 0.6) is 0 Å². The Kier molecular flexibility index (Phi) is 6.13. The number of aryl methyl sites for hydroxylation is 1. The Bertz CT molecular complexity index is 895. The Hall–Kier alpha value is -2.38. The van der Waals surface area contributed by atoms with E-state index in [1.165, 1.54) is 11.1 Å². The third kappa shape index (κ3) is 5.08. The van der Waals surface area contributed by atoms with Gasteiger partial charge in [-0.15, -0.1) is 0 Å². The number of ketones is 1. The van der Waals surface area contributed by atoms with E-state index in [2.05, 4.69) is 32.0 Å². The zero-order chi connectivity index (χ0) is 19.3. The molecule has 0 aliphatic heterocycles. The minimum absolute atomic E-state index is 0.0824. The largest absolute Gasteiger partial charge is 0.289 e. The molecule has 3 rings (SSSR count). The second-order valence-electron chi connectivity index (χ2n) is 7.64. The van der Waals surface area contributed by atoms with Crippen molar-refractivity contribution < 1.29 is 4.79 Å². The standard InChI is InChI=1S/C25H25ClO/c1-25(2,22-13-15-23(26)16-14-22)17-7-9-19-8-6-12-21(18-19)24(27)20-10-4-3-5-11-20/h3-6,8,10-16,18H,7,9,17H2,1-2H3. The highest BCUT2D eigenvalue weighted by molar-refractivity contribution is 6.30. The van der Waals surface area contributed by atoms with Gasteiger partial charge in [0.15, 0.2) is 5.78 Å². The van der Waals surface area contributed by atoms with Crippen LogP contribution in [0.3, 0.4) is 0 Å². The number of halogens is 1. The van der Waals surface area contributed by atoms with Crippen molar-refractivity contribution in [3.63, 3.8) is 0 Å². The molecule has 1 nitrogen and oxygen atoms in total. The topological polar surface area (TPSA) is 17.1 Å². The third-order valence-corrected chi connectivity index (χ3v) is 5.37. The molecule has 0 radical (unpaired) electrons. The molecule has 0 aliphatic rings. The van der Waals surface area contributed by atoms with E-state index in [9.17, 15) is 4.79 Å². The third-order valence-electron chi connectivity index (χ3n) is 5.12. The summed E-state index contributed by atoms with van der Waals surface area (Å²) in [5, 5.41) is 0.773. The number of hydrogen-bond donors (Lipinski definition) is 0. The minimum atomic E-state index is 0.0824. The van der Waals surface area contributed by atoms with Crippen LogP contribution in [0.2, 0.25) is 5.02 Å². The smallest absolute Gasteiger partial charge is 0.193 e. The van der Waals surface area contributed by atoms with Crippen LogP contribution in [0, 0.1) is 0 Å². The van der Waals surface area contributed by atoms with E-state index in [1.54, 1.807) is 0 Å². The Morgan fingerprint density at radius 2 is 1.52 bits per heavy atom. The Labute approximate surface area is 167 Å². The Balaban J connectivity index is 1.63.